The second-order valence-electron chi connectivity index (χ2n) is 4.36. The maximum absolute atomic E-state index is 11.6. The monoisotopic (exact) mass is 222 g/mol. The van der Waals surface area contributed by atoms with Crippen molar-refractivity contribution in [3.8, 4) is 0 Å². The second-order valence-corrected chi connectivity index (χ2v) is 5.44. The predicted molar refractivity (Wildman–Crippen MR) is 59.6 cm³/mol. The Bertz CT molecular complexity index is 380. The summed E-state index contributed by atoms with van der Waals surface area (Å²) in [4.78, 5) is 13.8. The number of hydrogen-bond donors (Lipinski definition) is 0. The molecule has 1 saturated carbocycles. The van der Waals surface area contributed by atoms with Gasteiger partial charge < -0.3 is 4.74 Å². The first kappa shape index (κ1) is 9.40. The van der Waals surface area contributed by atoms with Crippen LogP contribution >= 0.6 is 11.3 Å². The Hall–Kier alpha value is -0.830. The van der Waals surface area contributed by atoms with Gasteiger partial charge in [-0.3, -0.25) is 0 Å². The van der Waals surface area contributed by atoms with Gasteiger partial charge in [0.15, 0.2) is 0 Å². The third-order valence-corrected chi connectivity index (χ3v) is 4.80. The van der Waals surface area contributed by atoms with E-state index in [0.29, 0.717) is 6.61 Å². The zero-order valence-corrected chi connectivity index (χ0v) is 9.60. The molecule has 0 aromatic carbocycles. The average molecular weight is 222 g/mol. The van der Waals surface area contributed by atoms with Crippen LogP contribution in [-0.4, -0.2) is 12.6 Å². The van der Waals surface area contributed by atoms with Crippen LogP contribution in [0.15, 0.2) is 6.07 Å². The minimum Gasteiger partial charge on any atom is -0.462 e. The van der Waals surface area contributed by atoms with Crippen molar-refractivity contribution in [2.75, 3.05) is 6.61 Å². The Morgan fingerprint density at radius 3 is 3.07 bits per heavy atom. The number of rotatable bonds is 2. The van der Waals surface area contributed by atoms with Crippen molar-refractivity contribution in [2.24, 2.45) is 0 Å². The Morgan fingerprint density at radius 2 is 2.33 bits per heavy atom. The summed E-state index contributed by atoms with van der Waals surface area (Å²) >= 11 is 1.66. The molecule has 1 aromatic rings. The first-order valence-corrected chi connectivity index (χ1v) is 6.42. The summed E-state index contributed by atoms with van der Waals surface area (Å²) < 4.78 is 5.03. The summed E-state index contributed by atoms with van der Waals surface area (Å²) in [5, 5.41) is 0. The molecule has 0 amide bonds. The Balaban J connectivity index is 1.92. The van der Waals surface area contributed by atoms with Gasteiger partial charge in [-0.25, -0.2) is 4.79 Å². The number of fused-ring (bicyclic) bond motifs is 5. The molecule has 80 valence electrons. The van der Waals surface area contributed by atoms with Gasteiger partial charge in [-0.2, -0.15) is 0 Å². The molecule has 1 aromatic heterocycles. The van der Waals surface area contributed by atoms with Gasteiger partial charge in [0, 0.05) is 4.88 Å². The molecule has 2 unspecified atom stereocenters. The molecule has 1 fully saturated rings. The lowest BCUT2D eigenvalue weighted by atomic mass is 9.99. The number of hydrogen-bond acceptors (Lipinski definition) is 3. The second kappa shape index (κ2) is 3.34. The highest BCUT2D eigenvalue weighted by atomic mass is 32.1. The molecule has 0 N–H and O–H groups in total. The van der Waals surface area contributed by atoms with Crippen LogP contribution < -0.4 is 0 Å². The minimum absolute atomic E-state index is 0.142. The molecule has 0 aliphatic heterocycles. The quantitative estimate of drug-likeness (QED) is 0.718. The first-order valence-electron chi connectivity index (χ1n) is 5.60. The highest BCUT2D eigenvalue weighted by Gasteiger charge is 2.39. The topological polar surface area (TPSA) is 26.3 Å². The highest BCUT2D eigenvalue weighted by molar-refractivity contribution is 7.14. The Labute approximate surface area is 93.3 Å². The summed E-state index contributed by atoms with van der Waals surface area (Å²) in [6, 6.07) is 2.07. The lowest BCUT2D eigenvalue weighted by Gasteiger charge is -2.07. The van der Waals surface area contributed by atoms with Gasteiger partial charge >= 0.3 is 5.97 Å². The van der Waals surface area contributed by atoms with E-state index in [4.69, 9.17) is 4.74 Å². The van der Waals surface area contributed by atoms with Crippen LogP contribution in [-0.2, 0) is 4.74 Å². The number of carbonyl (C=O) groups excluding carboxylic acids is 1. The molecule has 3 rings (SSSR count). The molecule has 0 radical (unpaired) electrons. The summed E-state index contributed by atoms with van der Waals surface area (Å²) in [5.41, 5.74) is 1.44. The molecular weight excluding hydrogens is 208 g/mol. The van der Waals surface area contributed by atoms with Crippen LogP contribution in [0.5, 0.6) is 0 Å². The fraction of sp³-hybridized carbons (Fsp3) is 0.583. The average Bonchev–Trinajstić information content (AvgIpc) is 2.90. The predicted octanol–water partition coefficient (Wildman–Crippen LogP) is 3.29. The summed E-state index contributed by atoms with van der Waals surface area (Å²) in [5.74, 6) is 1.35. The van der Waals surface area contributed by atoms with E-state index >= 15 is 0 Å². The maximum atomic E-state index is 11.6. The zero-order chi connectivity index (χ0) is 10.4. The molecule has 2 bridgehead atoms. The molecular formula is C12H14O2S. The van der Waals surface area contributed by atoms with Gasteiger partial charge in [0.05, 0.1) is 6.61 Å². The number of thiophene rings is 1. The van der Waals surface area contributed by atoms with E-state index in [-0.39, 0.29) is 5.97 Å². The van der Waals surface area contributed by atoms with E-state index in [0.717, 1.165) is 16.7 Å². The van der Waals surface area contributed by atoms with Crippen LogP contribution in [0.2, 0.25) is 0 Å². The smallest absolute Gasteiger partial charge is 0.348 e. The number of carbonyl (C=O) groups is 1. The lowest BCUT2D eigenvalue weighted by Crippen LogP contribution is -2.01. The van der Waals surface area contributed by atoms with E-state index in [1.165, 1.54) is 29.7 Å². The normalized spacial score (nSPS) is 26.7. The summed E-state index contributed by atoms with van der Waals surface area (Å²) in [7, 11) is 0. The van der Waals surface area contributed by atoms with E-state index in [1.807, 2.05) is 6.92 Å². The van der Waals surface area contributed by atoms with Crippen molar-refractivity contribution in [1.82, 2.24) is 0 Å². The van der Waals surface area contributed by atoms with E-state index in [2.05, 4.69) is 6.07 Å². The number of esters is 1. The lowest BCUT2D eigenvalue weighted by molar-refractivity contribution is 0.0532. The standard InChI is InChI=1S/C12H14O2S/c1-2-14-12(13)10-6-9-7-3-4-8(5-7)11(9)15-10/h6-8H,2-5H2,1H3. The van der Waals surface area contributed by atoms with Crippen molar-refractivity contribution >= 4 is 17.3 Å². The van der Waals surface area contributed by atoms with Crippen molar-refractivity contribution in [3.63, 3.8) is 0 Å². The van der Waals surface area contributed by atoms with Crippen LogP contribution in [0.25, 0.3) is 0 Å². The molecule has 15 heavy (non-hydrogen) atoms. The molecule has 0 spiro atoms. The Kier molecular flexibility index (Phi) is 2.09. The van der Waals surface area contributed by atoms with Crippen molar-refractivity contribution in [1.29, 1.82) is 0 Å². The summed E-state index contributed by atoms with van der Waals surface area (Å²) in [6.07, 6.45) is 3.96. The number of ether oxygens (including phenoxy) is 1. The van der Waals surface area contributed by atoms with Gasteiger partial charge in [0.1, 0.15) is 4.88 Å². The maximum Gasteiger partial charge on any atom is 0.348 e. The molecule has 2 aliphatic rings. The van der Waals surface area contributed by atoms with Crippen molar-refractivity contribution in [3.05, 3.63) is 21.4 Å². The van der Waals surface area contributed by atoms with Gasteiger partial charge in [-0.05, 0) is 49.7 Å². The zero-order valence-electron chi connectivity index (χ0n) is 8.79. The van der Waals surface area contributed by atoms with E-state index in [9.17, 15) is 4.79 Å². The van der Waals surface area contributed by atoms with Crippen LogP contribution in [0.4, 0.5) is 0 Å². The molecule has 1 heterocycles. The third kappa shape index (κ3) is 1.33. The third-order valence-electron chi connectivity index (χ3n) is 3.51. The summed E-state index contributed by atoms with van der Waals surface area (Å²) in [6.45, 7) is 2.32. The Morgan fingerprint density at radius 1 is 1.53 bits per heavy atom. The largest absolute Gasteiger partial charge is 0.462 e. The van der Waals surface area contributed by atoms with Crippen LogP contribution in [0.3, 0.4) is 0 Å². The SMILES string of the molecule is CCOC(=O)c1cc2c(s1)C1CCC2C1. The molecule has 2 nitrogen and oxygen atoms in total. The van der Waals surface area contributed by atoms with E-state index in [1.54, 1.807) is 11.3 Å². The van der Waals surface area contributed by atoms with Gasteiger partial charge in [-0.15, -0.1) is 11.3 Å². The highest BCUT2D eigenvalue weighted by Crippen LogP contribution is 2.55. The minimum atomic E-state index is -0.142. The van der Waals surface area contributed by atoms with Crippen LogP contribution in [0, 0.1) is 0 Å². The molecule has 2 atom stereocenters. The molecule has 3 heteroatoms. The van der Waals surface area contributed by atoms with Crippen molar-refractivity contribution < 1.29 is 9.53 Å². The van der Waals surface area contributed by atoms with Crippen molar-refractivity contribution in [2.45, 2.75) is 38.0 Å². The van der Waals surface area contributed by atoms with Gasteiger partial charge in [0.2, 0.25) is 0 Å². The molecule has 0 saturated heterocycles. The fourth-order valence-corrected chi connectivity index (χ4v) is 4.15. The van der Waals surface area contributed by atoms with E-state index < -0.39 is 0 Å². The van der Waals surface area contributed by atoms with Crippen LogP contribution in [0.1, 0.15) is 58.1 Å². The molecule has 2 aliphatic carbocycles. The first-order chi connectivity index (χ1) is 7.29. The van der Waals surface area contributed by atoms with Gasteiger partial charge in [0.25, 0.3) is 0 Å². The fourth-order valence-electron chi connectivity index (χ4n) is 2.86. The van der Waals surface area contributed by atoms with Gasteiger partial charge in [-0.1, -0.05) is 0 Å².